The van der Waals surface area contributed by atoms with Gasteiger partial charge in [0.1, 0.15) is 4.83 Å². The van der Waals surface area contributed by atoms with E-state index in [0.717, 1.165) is 51.6 Å². The SMILES string of the molecule is CCCc1sc2nc(SCCc3ccccc3)n(-c3ccc(Cl)cc3)c(=O)c2c1C. The Hall–Kier alpha value is -2.08. The number of thioether (sulfide) groups is 1. The van der Waals surface area contributed by atoms with Gasteiger partial charge in [0.05, 0.1) is 11.1 Å². The van der Waals surface area contributed by atoms with Gasteiger partial charge in [-0.15, -0.1) is 11.3 Å². The highest BCUT2D eigenvalue weighted by molar-refractivity contribution is 7.99. The molecule has 0 atom stereocenters. The Morgan fingerprint density at radius 3 is 2.50 bits per heavy atom. The van der Waals surface area contributed by atoms with E-state index in [9.17, 15) is 4.79 Å². The Bertz CT molecular complexity index is 1210. The molecule has 4 rings (SSSR count). The molecule has 2 heterocycles. The van der Waals surface area contributed by atoms with Crippen LogP contribution in [-0.2, 0) is 12.8 Å². The average Bonchev–Trinajstić information content (AvgIpc) is 3.06. The summed E-state index contributed by atoms with van der Waals surface area (Å²) < 4.78 is 1.74. The maximum Gasteiger partial charge on any atom is 0.267 e. The summed E-state index contributed by atoms with van der Waals surface area (Å²) in [5, 5.41) is 2.12. The van der Waals surface area contributed by atoms with Crippen LogP contribution in [0.2, 0.25) is 5.02 Å². The van der Waals surface area contributed by atoms with Crippen LogP contribution in [0.4, 0.5) is 0 Å². The summed E-state index contributed by atoms with van der Waals surface area (Å²) in [6.45, 7) is 4.20. The number of aryl methyl sites for hydroxylation is 3. The molecule has 0 N–H and O–H groups in total. The van der Waals surface area contributed by atoms with Gasteiger partial charge in [0.2, 0.25) is 0 Å². The second-order valence-electron chi connectivity index (χ2n) is 7.18. The third-order valence-corrected chi connectivity index (χ3v) is 7.50. The average molecular weight is 455 g/mol. The summed E-state index contributed by atoms with van der Waals surface area (Å²) in [4.78, 5) is 20.6. The predicted octanol–water partition coefficient (Wildman–Crippen LogP) is 6.70. The smallest absolute Gasteiger partial charge is 0.267 e. The topological polar surface area (TPSA) is 34.9 Å². The van der Waals surface area contributed by atoms with Gasteiger partial charge >= 0.3 is 0 Å². The molecule has 0 amide bonds. The van der Waals surface area contributed by atoms with Gasteiger partial charge in [-0.2, -0.15) is 0 Å². The molecule has 6 heteroatoms. The van der Waals surface area contributed by atoms with Crippen molar-refractivity contribution in [2.45, 2.75) is 38.3 Å². The number of aromatic nitrogens is 2. The number of fused-ring (bicyclic) bond motifs is 1. The van der Waals surface area contributed by atoms with E-state index in [1.165, 1.54) is 10.4 Å². The highest BCUT2D eigenvalue weighted by Crippen LogP contribution is 2.31. The fourth-order valence-electron chi connectivity index (χ4n) is 3.50. The van der Waals surface area contributed by atoms with Crippen molar-refractivity contribution in [3.63, 3.8) is 0 Å². The normalized spacial score (nSPS) is 11.3. The Labute approximate surface area is 189 Å². The first kappa shape index (κ1) is 21.2. The third kappa shape index (κ3) is 4.34. The maximum absolute atomic E-state index is 13.6. The van der Waals surface area contributed by atoms with Crippen molar-refractivity contribution in [1.29, 1.82) is 0 Å². The van der Waals surface area contributed by atoms with E-state index in [1.54, 1.807) is 27.7 Å². The molecular formula is C24H23ClN2OS2. The minimum atomic E-state index is 0.000589. The molecule has 2 aromatic carbocycles. The summed E-state index contributed by atoms with van der Waals surface area (Å²) >= 11 is 9.36. The quantitative estimate of drug-likeness (QED) is 0.230. The van der Waals surface area contributed by atoms with Gasteiger partial charge in [0, 0.05) is 15.7 Å². The fourth-order valence-corrected chi connectivity index (χ4v) is 5.94. The van der Waals surface area contributed by atoms with Crippen LogP contribution in [0.15, 0.2) is 64.5 Å². The molecular weight excluding hydrogens is 432 g/mol. The van der Waals surface area contributed by atoms with E-state index >= 15 is 0 Å². The number of benzene rings is 2. The number of hydrogen-bond acceptors (Lipinski definition) is 4. The van der Waals surface area contributed by atoms with Crippen molar-refractivity contribution >= 4 is 44.9 Å². The Morgan fingerprint density at radius 2 is 1.80 bits per heavy atom. The Kier molecular flexibility index (Phi) is 6.61. The van der Waals surface area contributed by atoms with Crippen LogP contribution in [0.3, 0.4) is 0 Å². The molecule has 0 aliphatic heterocycles. The summed E-state index contributed by atoms with van der Waals surface area (Å²) in [5.74, 6) is 0.849. The zero-order valence-electron chi connectivity index (χ0n) is 17.0. The van der Waals surface area contributed by atoms with Crippen molar-refractivity contribution in [2.24, 2.45) is 0 Å². The van der Waals surface area contributed by atoms with Crippen molar-refractivity contribution in [1.82, 2.24) is 9.55 Å². The highest BCUT2D eigenvalue weighted by atomic mass is 35.5. The first-order chi connectivity index (χ1) is 14.6. The van der Waals surface area contributed by atoms with Crippen molar-refractivity contribution in [3.05, 3.63) is 86.0 Å². The van der Waals surface area contributed by atoms with Crippen molar-refractivity contribution in [3.8, 4) is 5.69 Å². The first-order valence-corrected chi connectivity index (χ1v) is 12.2. The van der Waals surface area contributed by atoms with Gasteiger partial charge in [-0.25, -0.2) is 4.98 Å². The molecule has 0 aliphatic rings. The summed E-state index contributed by atoms with van der Waals surface area (Å²) in [6.07, 6.45) is 2.95. The fraction of sp³-hybridized carbons (Fsp3) is 0.250. The lowest BCUT2D eigenvalue weighted by molar-refractivity contribution is 0.821. The lowest BCUT2D eigenvalue weighted by Crippen LogP contribution is -2.21. The summed E-state index contributed by atoms with van der Waals surface area (Å²) in [6, 6.07) is 17.8. The second kappa shape index (κ2) is 9.38. The summed E-state index contributed by atoms with van der Waals surface area (Å²) in [7, 11) is 0. The second-order valence-corrected chi connectivity index (χ2v) is 9.76. The lowest BCUT2D eigenvalue weighted by Gasteiger charge is -2.12. The maximum atomic E-state index is 13.6. The van der Waals surface area contributed by atoms with Gasteiger partial charge in [0.25, 0.3) is 5.56 Å². The number of rotatable bonds is 7. The van der Waals surface area contributed by atoms with Crippen LogP contribution in [0.1, 0.15) is 29.3 Å². The van der Waals surface area contributed by atoms with Gasteiger partial charge in [-0.3, -0.25) is 9.36 Å². The van der Waals surface area contributed by atoms with E-state index in [-0.39, 0.29) is 5.56 Å². The largest absolute Gasteiger partial charge is 0.268 e. The predicted molar refractivity (Wildman–Crippen MR) is 130 cm³/mol. The molecule has 154 valence electrons. The molecule has 0 aliphatic carbocycles. The lowest BCUT2D eigenvalue weighted by atomic mass is 10.1. The number of thiophene rings is 1. The van der Waals surface area contributed by atoms with E-state index in [4.69, 9.17) is 16.6 Å². The van der Waals surface area contributed by atoms with Gasteiger partial charge in [-0.1, -0.05) is 67.0 Å². The van der Waals surface area contributed by atoms with Crippen LogP contribution in [0, 0.1) is 6.92 Å². The minimum Gasteiger partial charge on any atom is -0.268 e. The standard InChI is InChI=1S/C24H23ClN2OS2/c1-3-7-20-16(2)21-22(30-20)26-24(29-15-14-17-8-5-4-6-9-17)27(23(21)28)19-12-10-18(25)11-13-19/h4-6,8-13H,3,7,14-15H2,1-2H3. The van der Waals surface area contributed by atoms with Crippen molar-refractivity contribution < 1.29 is 0 Å². The Morgan fingerprint density at radius 1 is 1.07 bits per heavy atom. The third-order valence-electron chi connectivity index (χ3n) is 5.06. The van der Waals surface area contributed by atoms with Crippen molar-refractivity contribution in [2.75, 3.05) is 5.75 Å². The molecule has 4 aromatic rings. The van der Waals surface area contributed by atoms with E-state index in [2.05, 4.69) is 31.2 Å². The molecule has 0 spiro atoms. The van der Waals surface area contributed by atoms with Crippen LogP contribution in [-0.4, -0.2) is 15.3 Å². The monoisotopic (exact) mass is 454 g/mol. The van der Waals surface area contributed by atoms with Crippen LogP contribution in [0.5, 0.6) is 0 Å². The molecule has 0 saturated carbocycles. The Balaban J connectivity index is 1.78. The van der Waals surface area contributed by atoms with Crippen LogP contribution >= 0.6 is 34.7 Å². The molecule has 30 heavy (non-hydrogen) atoms. The van der Waals surface area contributed by atoms with Gasteiger partial charge in [0.15, 0.2) is 5.16 Å². The van der Waals surface area contributed by atoms with Crippen LogP contribution in [0.25, 0.3) is 15.9 Å². The minimum absolute atomic E-state index is 0.000589. The molecule has 0 bridgehead atoms. The van der Waals surface area contributed by atoms with E-state index in [0.29, 0.717) is 5.02 Å². The molecule has 0 saturated heterocycles. The number of halogens is 1. The molecule has 2 aromatic heterocycles. The molecule has 0 unspecified atom stereocenters. The zero-order chi connectivity index (χ0) is 21.1. The zero-order valence-corrected chi connectivity index (χ0v) is 19.4. The summed E-state index contributed by atoms with van der Waals surface area (Å²) in [5.41, 5.74) is 3.14. The highest BCUT2D eigenvalue weighted by Gasteiger charge is 2.19. The first-order valence-electron chi connectivity index (χ1n) is 10.1. The number of hydrogen-bond donors (Lipinski definition) is 0. The molecule has 0 radical (unpaired) electrons. The molecule has 0 fully saturated rings. The van der Waals surface area contributed by atoms with Gasteiger partial charge < -0.3 is 0 Å². The van der Waals surface area contributed by atoms with E-state index < -0.39 is 0 Å². The van der Waals surface area contributed by atoms with Gasteiger partial charge in [-0.05, 0) is 55.2 Å². The molecule has 3 nitrogen and oxygen atoms in total. The number of nitrogens with zero attached hydrogens (tertiary/aromatic N) is 2. The van der Waals surface area contributed by atoms with Crippen LogP contribution < -0.4 is 5.56 Å². The van der Waals surface area contributed by atoms with E-state index in [1.807, 2.05) is 37.3 Å².